The number of aliphatic hydroxyl groups is 1. The maximum Gasteiger partial charge on any atom is 0.152 e. The highest BCUT2D eigenvalue weighted by Crippen LogP contribution is 2.09. The molecule has 3 heteroatoms. The number of rotatable bonds is 10. The number of benzene rings is 1. The highest BCUT2D eigenvalue weighted by Gasteiger charge is 2.04. The van der Waals surface area contributed by atoms with Crippen LogP contribution < -0.4 is 5.48 Å². The Hall–Kier alpha value is -0.900. The molecule has 1 atom stereocenters. The lowest BCUT2D eigenvalue weighted by atomic mass is 10.1. The van der Waals surface area contributed by atoms with E-state index in [9.17, 15) is 5.11 Å². The monoisotopic (exact) mass is 251 g/mol. The quantitative estimate of drug-likeness (QED) is 0.379. The number of hydrogen-bond acceptors (Lipinski definition) is 3. The maximum absolute atomic E-state index is 9.76. The summed E-state index contributed by atoms with van der Waals surface area (Å²) in [5, 5.41) is 9.76. The van der Waals surface area contributed by atoms with Crippen LogP contribution in [0, 0.1) is 0 Å². The predicted molar refractivity (Wildman–Crippen MR) is 73.9 cm³/mol. The van der Waals surface area contributed by atoms with Crippen LogP contribution in [0.5, 0.6) is 0 Å². The second kappa shape index (κ2) is 10.1. The first-order valence-electron chi connectivity index (χ1n) is 6.95. The van der Waals surface area contributed by atoms with Crippen LogP contribution in [0.4, 0.5) is 0 Å². The molecule has 1 unspecified atom stereocenters. The van der Waals surface area contributed by atoms with E-state index in [0.717, 1.165) is 12.0 Å². The van der Waals surface area contributed by atoms with E-state index < -0.39 is 6.23 Å². The molecular weight excluding hydrogens is 226 g/mol. The van der Waals surface area contributed by atoms with Gasteiger partial charge in [0.1, 0.15) is 0 Å². The minimum Gasteiger partial charge on any atom is -0.372 e. The lowest BCUT2D eigenvalue weighted by molar-refractivity contribution is -0.0595. The largest absolute Gasteiger partial charge is 0.372 e. The summed E-state index contributed by atoms with van der Waals surface area (Å²) in [6.07, 6.45) is 6.69. The van der Waals surface area contributed by atoms with Crippen molar-refractivity contribution >= 4 is 0 Å². The van der Waals surface area contributed by atoms with E-state index in [0.29, 0.717) is 6.61 Å². The fourth-order valence-electron chi connectivity index (χ4n) is 1.80. The maximum atomic E-state index is 9.76. The average molecular weight is 251 g/mol. The molecule has 1 aromatic rings. The van der Waals surface area contributed by atoms with Gasteiger partial charge in [-0.15, -0.1) is 0 Å². The Balaban J connectivity index is 1.98. The van der Waals surface area contributed by atoms with Gasteiger partial charge in [-0.25, -0.2) is 0 Å². The van der Waals surface area contributed by atoms with Crippen LogP contribution in [0.15, 0.2) is 30.3 Å². The third-order valence-corrected chi connectivity index (χ3v) is 2.91. The summed E-state index contributed by atoms with van der Waals surface area (Å²) >= 11 is 0. The molecule has 1 aromatic carbocycles. The van der Waals surface area contributed by atoms with Gasteiger partial charge < -0.3 is 5.11 Å². The molecule has 0 aliphatic rings. The molecule has 0 aliphatic carbocycles. The van der Waals surface area contributed by atoms with Crippen molar-refractivity contribution in [3.63, 3.8) is 0 Å². The Kier molecular flexibility index (Phi) is 8.47. The van der Waals surface area contributed by atoms with Crippen molar-refractivity contribution in [2.24, 2.45) is 0 Å². The van der Waals surface area contributed by atoms with Gasteiger partial charge in [-0.1, -0.05) is 69.4 Å². The standard InChI is InChI=1S/C15H25NO2/c1-2-3-4-5-6-10-13-18-16-15(17)14-11-8-7-9-12-14/h7-9,11-12,15-17H,2-6,10,13H2,1H3. The molecule has 2 N–H and O–H groups in total. The van der Waals surface area contributed by atoms with Crippen molar-refractivity contribution in [2.45, 2.75) is 51.7 Å². The zero-order chi connectivity index (χ0) is 13.1. The smallest absolute Gasteiger partial charge is 0.152 e. The molecule has 0 radical (unpaired) electrons. The number of unbranched alkanes of at least 4 members (excludes halogenated alkanes) is 5. The molecule has 0 aromatic heterocycles. The molecule has 0 bridgehead atoms. The zero-order valence-corrected chi connectivity index (χ0v) is 11.3. The summed E-state index contributed by atoms with van der Waals surface area (Å²) in [6, 6.07) is 9.45. The molecular formula is C15H25NO2. The molecule has 0 aliphatic heterocycles. The third kappa shape index (κ3) is 6.74. The van der Waals surface area contributed by atoms with Crippen LogP contribution in [-0.2, 0) is 4.84 Å². The summed E-state index contributed by atoms with van der Waals surface area (Å²) in [5.74, 6) is 0. The molecule has 18 heavy (non-hydrogen) atoms. The summed E-state index contributed by atoms with van der Waals surface area (Å²) in [7, 11) is 0. The van der Waals surface area contributed by atoms with E-state index in [1.807, 2.05) is 30.3 Å². The second-order valence-electron chi connectivity index (χ2n) is 4.55. The molecule has 102 valence electrons. The van der Waals surface area contributed by atoms with Crippen molar-refractivity contribution in [1.29, 1.82) is 0 Å². The van der Waals surface area contributed by atoms with Gasteiger partial charge in [0, 0.05) is 0 Å². The fraction of sp³-hybridized carbons (Fsp3) is 0.600. The van der Waals surface area contributed by atoms with Crippen molar-refractivity contribution in [3.05, 3.63) is 35.9 Å². The first-order valence-corrected chi connectivity index (χ1v) is 6.95. The van der Waals surface area contributed by atoms with Crippen LogP contribution in [0.2, 0.25) is 0 Å². The lowest BCUT2D eigenvalue weighted by Crippen LogP contribution is -2.21. The Labute approximate surface area is 110 Å². The number of hydroxylamine groups is 1. The average Bonchev–Trinajstić information content (AvgIpc) is 2.42. The van der Waals surface area contributed by atoms with Gasteiger partial charge >= 0.3 is 0 Å². The minimum atomic E-state index is -0.744. The fourth-order valence-corrected chi connectivity index (χ4v) is 1.80. The van der Waals surface area contributed by atoms with Crippen LogP contribution >= 0.6 is 0 Å². The third-order valence-electron chi connectivity index (χ3n) is 2.91. The van der Waals surface area contributed by atoms with Crippen molar-refractivity contribution in [2.75, 3.05) is 6.61 Å². The normalized spacial score (nSPS) is 12.6. The van der Waals surface area contributed by atoms with Crippen LogP contribution in [0.3, 0.4) is 0 Å². The Morgan fingerprint density at radius 1 is 1.06 bits per heavy atom. The van der Waals surface area contributed by atoms with Gasteiger partial charge in [0.15, 0.2) is 6.23 Å². The van der Waals surface area contributed by atoms with Gasteiger partial charge in [0.25, 0.3) is 0 Å². The molecule has 0 fully saturated rings. The first-order chi connectivity index (χ1) is 8.84. The summed E-state index contributed by atoms with van der Waals surface area (Å²) in [4.78, 5) is 5.26. The second-order valence-corrected chi connectivity index (χ2v) is 4.55. The molecule has 0 saturated heterocycles. The molecule has 0 spiro atoms. The van der Waals surface area contributed by atoms with E-state index in [4.69, 9.17) is 4.84 Å². The predicted octanol–water partition coefficient (Wildman–Crippen LogP) is 3.56. The van der Waals surface area contributed by atoms with Crippen molar-refractivity contribution in [3.8, 4) is 0 Å². The zero-order valence-electron chi connectivity index (χ0n) is 11.3. The van der Waals surface area contributed by atoms with Gasteiger partial charge in [-0.05, 0) is 12.0 Å². The highest BCUT2D eigenvalue weighted by atomic mass is 16.7. The topological polar surface area (TPSA) is 41.5 Å². The summed E-state index contributed by atoms with van der Waals surface area (Å²) in [6.45, 7) is 2.87. The van der Waals surface area contributed by atoms with E-state index >= 15 is 0 Å². The van der Waals surface area contributed by atoms with Crippen LogP contribution in [-0.4, -0.2) is 11.7 Å². The Morgan fingerprint density at radius 2 is 1.72 bits per heavy atom. The number of hydrogen-bond donors (Lipinski definition) is 2. The lowest BCUT2D eigenvalue weighted by Gasteiger charge is -2.12. The van der Waals surface area contributed by atoms with Gasteiger partial charge in [0.2, 0.25) is 0 Å². The number of aliphatic hydroxyl groups excluding tert-OH is 1. The minimum absolute atomic E-state index is 0.649. The molecule has 0 amide bonds. The van der Waals surface area contributed by atoms with E-state index in [-0.39, 0.29) is 0 Å². The van der Waals surface area contributed by atoms with Crippen molar-refractivity contribution < 1.29 is 9.94 Å². The Morgan fingerprint density at radius 3 is 2.44 bits per heavy atom. The summed E-state index contributed by atoms with van der Waals surface area (Å²) < 4.78 is 0. The number of nitrogens with one attached hydrogen (secondary N) is 1. The SMILES string of the molecule is CCCCCCCCONC(O)c1ccccc1. The molecule has 0 heterocycles. The van der Waals surface area contributed by atoms with Crippen LogP contribution in [0.1, 0.15) is 57.2 Å². The molecule has 0 saturated carbocycles. The van der Waals surface area contributed by atoms with Crippen LogP contribution in [0.25, 0.3) is 0 Å². The molecule has 1 rings (SSSR count). The molecule has 3 nitrogen and oxygen atoms in total. The van der Waals surface area contributed by atoms with E-state index in [1.165, 1.54) is 32.1 Å². The van der Waals surface area contributed by atoms with E-state index in [1.54, 1.807) is 0 Å². The van der Waals surface area contributed by atoms with Gasteiger partial charge in [-0.2, -0.15) is 5.48 Å². The van der Waals surface area contributed by atoms with Gasteiger partial charge in [-0.3, -0.25) is 4.84 Å². The van der Waals surface area contributed by atoms with Gasteiger partial charge in [0.05, 0.1) is 6.61 Å². The summed E-state index contributed by atoms with van der Waals surface area (Å²) in [5.41, 5.74) is 3.48. The Bertz CT molecular complexity index is 290. The first kappa shape index (κ1) is 15.2. The van der Waals surface area contributed by atoms with Crippen molar-refractivity contribution in [1.82, 2.24) is 5.48 Å². The van der Waals surface area contributed by atoms with E-state index in [2.05, 4.69) is 12.4 Å². The highest BCUT2D eigenvalue weighted by molar-refractivity contribution is 5.16.